The highest BCUT2D eigenvalue weighted by molar-refractivity contribution is 5.98. The van der Waals surface area contributed by atoms with Crippen molar-refractivity contribution in [2.75, 3.05) is 6.54 Å². The Hall–Kier alpha value is -5.18. The summed E-state index contributed by atoms with van der Waals surface area (Å²) >= 11 is 0. The Kier molecular flexibility index (Phi) is 12.3. The van der Waals surface area contributed by atoms with Crippen LogP contribution in [0.2, 0.25) is 0 Å². The molecule has 250 valence electrons. The molecule has 9 heteroatoms. The topological polar surface area (TPSA) is 138 Å². The van der Waals surface area contributed by atoms with Crippen LogP contribution in [-0.2, 0) is 21.4 Å². The van der Waals surface area contributed by atoms with Gasteiger partial charge in [0.1, 0.15) is 6.04 Å². The number of hydrogen-bond donors (Lipinski definition) is 3. The number of carbonyl (C=O) groups excluding carboxylic acids is 3. The van der Waals surface area contributed by atoms with Crippen LogP contribution in [0.5, 0.6) is 0 Å². The average Bonchev–Trinajstić information content (AvgIpc) is 3.08. The molecule has 1 unspecified atom stereocenters. The summed E-state index contributed by atoms with van der Waals surface area (Å²) in [5, 5.41) is 14.4. The van der Waals surface area contributed by atoms with Crippen LogP contribution in [-0.4, -0.2) is 51.2 Å². The smallest absolute Gasteiger partial charge is 0.305 e. The summed E-state index contributed by atoms with van der Waals surface area (Å²) in [5.74, 6) is -1.20. The molecule has 0 saturated carbocycles. The predicted molar refractivity (Wildman–Crippen MR) is 187 cm³/mol. The standard InChI is InChI=1S/C39H44N4O5/c1-5-6-7-8-34(44)28-15-13-27(14-16-28)31-24-41-36(42-25-31)29-11-9-26(10-12-29)23-33(38(48)40-22-21-35(45)46)43-37(47)30-17-19-32(20-18-30)39(2,3)4/h9-20,24-25,33H,5-8,21-23H2,1-4H3,(H,40,48)(H,43,47)(H,45,46). The number of nitrogens with one attached hydrogen (secondary N) is 2. The molecular formula is C39H44N4O5. The van der Waals surface area contributed by atoms with E-state index >= 15 is 0 Å². The molecule has 1 aromatic heterocycles. The highest BCUT2D eigenvalue weighted by Crippen LogP contribution is 2.24. The summed E-state index contributed by atoms with van der Waals surface area (Å²) in [7, 11) is 0. The molecule has 0 bridgehead atoms. The van der Waals surface area contributed by atoms with Crippen LogP contribution >= 0.6 is 0 Å². The van der Waals surface area contributed by atoms with Crippen molar-refractivity contribution in [2.24, 2.45) is 0 Å². The lowest BCUT2D eigenvalue weighted by Crippen LogP contribution is -2.48. The number of rotatable bonds is 15. The number of aliphatic carboxylic acids is 1. The van der Waals surface area contributed by atoms with Gasteiger partial charge in [0.15, 0.2) is 11.6 Å². The van der Waals surface area contributed by atoms with Gasteiger partial charge < -0.3 is 15.7 Å². The lowest BCUT2D eigenvalue weighted by Gasteiger charge is -2.20. The molecule has 0 aliphatic carbocycles. The minimum Gasteiger partial charge on any atom is -0.481 e. The van der Waals surface area contributed by atoms with Crippen molar-refractivity contribution in [3.63, 3.8) is 0 Å². The Bertz CT molecular complexity index is 1690. The number of aromatic nitrogens is 2. The van der Waals surface area contributed by atoms with E-state index < -0.39 is 23.8 Å². The first-order valence-corrected chi connectivity index (χ1v) is 16.4. The van der Waals surface area contributed by atoms with Crippen LogP contribution in [0.4, 0.5) is 0 Å². The van der Waals surface area contributed by atoms with E-state index in [1.165, 1.54) is 0 Å². The van der Waals surface area contributed by atoms with Gasteiger partial charge in [-0.3, -0.25) is 19.2 Å². The maximum Gasteiger partial charge on any atom is 0.305 e. The molecule has 0 radical (unpaired) electrons. The number of carboxylic acids is 1. The van der Waals surface area contributed by atoms with E-state index in [4.69, 9.17) is 5.11 Å². The molecule has 9 nitrogen and oxygen atoms in total. The fraction of sp³-hybridized carbons (Fsp3) is 0.333. The van der Waals surface area contributed by atoms with Gasteiger partial charge in [0, 0.05) is 54.0 Å². The second-order valence-corrected chi connectivity index (χ2v) is 12.9. The molecule has 4 aromatic rings. The molecule has 1 heterocycles. The molecule has 4 rings (SSSR count). The van der Waals surface area contributed by atoms with Crippen LogP contribution in [0.3, 0.4) is 0 Å². The fourth-order valence-electron chi connectivity index (χ4n) is 5.17. The number of hydrogen-bond acceptors (Lipinski definition) is 6. The summed E-state index contributed by atoms with van der Waals surface area (Å²) in [5.41, 5.74) is 5.48. The highest BCUT2D eigenvalue weighted by atomic mass is 16.4. The number of benzene rings is 3. The zero-order chi connectivity index (χ0) is 34.7. The maximum atomic E-state index is 13.1. The maximum absolute atomic E-state index is 13.1. The van der Waals surface area contributed by atoms with Crippen molar-refractivity contribution in [3.05, 3.63) is 107 Å². The monoisotopic (exact) mass is 648 g/mol. The third kappa shape index (κ3) is 10.2. The molecule has 0 spiro atoms. The summed E-state index contributed by atoms with van der Waals surface area (Å²) in [6.07, 6.45) is 7.06. The Labute approximate surface area is 282 Å². The van der Waals surface area contributed by atoms with Gasteiger partial charge >= 0.3 is 5.97 Å². The molecule has 1 atom stereocenters. The van der Waals surface area contributed by atoms with E-state index in [-0.39, 0.29) is 30.6 Å². The fourth-order valence-corrected chi connectivity index (χ4v) is 5.17. The van der Waals surface area contributed by atoms with E-state index in [1.54, 1.807) is 24.5 Å². The number of carbonyl (C=O) groups is 4. The number of nitrogens with zero attached hydrogens (tertiary/aromatic N) is 2. The SMILES string of the molecule is CCCCCC(=O)c1ccc(-c2cnc(-c3ccc(CC(NC(=O)c4ccc(C(C)(C)C)cc4)C(=O)NCCC(=O)O)cc3)nc2)cc1. The van der Waals surface area contributed by atoms with Crippen molar-refractivity contribution < 1.29 is 24.3 Å². The number of amides is 2. The van der Waals surface area contributed by atoms with Gasteiger partial charge in [-0.1, -0.05) is 101 Å². The van der Waals surface area contributed by atoms with Crippen LogP contribution < -0.4 is 10.6 Å². The van der Waals surface area contributed by atoms with Gasteiger partial charge in [-0.2, -0.15) is 0 Å². The Morgan fingerprint density at radius 1 is 0.750 bits per heavy atom. The molecule has 0 aliphatic rings. The van der Waals surface area contributed by atoms with Crippen molar-refractivity contribution in [1.82, 2.24) is 20.6 Å². The molecule has 3 aromatic carbocycles. The lowest BCUT2D eigenvalue weighted by atomic mass is 9.86. The van der Waals surface area contributed by atoms with Gasteiger partial charge in [-0.25, -0.2) is 9.97 Å². The van der Waals surface area contributed by atoms with E-state index in [9.17, 15) is 19.2 Å². The summed E-state index contributed by atoms with van der Waals surface area (Å²) in [6.45, 7) is 8.34. The van der Waals surface area contributed by atoms with Crippen molar-refractivity contribution >= 4 is 23.6 Å². The third-order valence-corrected chi connectivity index (χ3v) is 8.12. The second kappa shape index (κ2) is 16.6. The molecule has 0 fully saturated rings. The quantitative estimate of drug-likeness (QED) is 0.0952. The Morgan fingerprint density at radius 2 is 1.35 bits per heavy atom. The summed E-state index contributed by atoms with van der Waals surface area (Å²) < 4.78 is 0. The summed E-state index contributed by atoms with van der Waals surface area (Å²) in [6, 6.07) is 21.3. The second-order valence-electron chi connectivity index (χ2n) is 12.9. The Morgan fingerprint density at radius 3 is 1.94 bits per heavy atom. The van der Waals surface area contributed by atoms with Crippen molar-refractivity contribution in [3.8, 4) is 22.5 Å². The summed E-state index contributed by atoms with van der Waals surface area (Å²) in [4.78, 5) is 58.7. The lowest BCUT2D eigenvalue weighted by molar-refractivity contribution is -0.137. The largest absolute Gasteiger partial charge is 0.481 e. The molecule has 48 heavy (non-hydrogen) atoms. The first kappa shape index (κ1) is 35.7. The van der Waals surface area contributed by atoms with Gasteiger partial charge in [-0.15, -0.1) is 0 Å². The number of ketones is 1. The average molecular weight is 649 g/mol. The van der Waals surface area contributed by atoms with E-state index in [2.05, 4.69) is 48.3 Å². The minimum absolute atomic E-state index is 0.0472. The first-order chi connectivity index (χ1) is 22.9. The molecule has 3 N–H and O–H groups in total. The van der Waals surface area contributed by atoms with Crippen molar-refractivity contribution in [2.45, 2.75) is 77.7 Å². The zero-order valence-corrected chi connectivity index (χ0v) is 28.1. The van der Waals surface area contributed by atoms with Crippen LogP contribution in [0.25, 0.3) is 22.5 Å². The van der Waals surface area contributed by atoms with Gasteiger partial charge in [0.05, 0.1) is 6.42 Å². The van der Waals surface area contributed by atoms with Crippen LogP contribution in [0.15, 0.2) is 85.2 Å². The van der Waals surface area contributed by atoms with Gasteiger partial charge in [0.2, 0.25) is 5.91 Å². The Balaban J connectivity index is 1.43. The van der Waals surface area contributed by atoms with E-state index in [1.807, 2.05) is 60.7 Å². The number of Topliss-reactive ketones (excluding diaryl/α,β-unsaturated/α-hetero) is 1. The number of carboxylic acid groups (broad SMARTS) is 1. The van der Waals surface area contributed by atoms with Gasteiger partial charge in [0.25, 0.3) is 5.91 Å². The van der Waals surface area contributed by atoms with Crippen LogP contribution in [0.1, 0.15) is 91.6 Å². The van der Waals surface area contributed by atoms with E-state index in [0.717, 1.165) is 47.1 Å². The zero-order valence-electron chi connectivity index (χ0n) is 28.1. The highest BCUT2D eigenvalue weighted by Gasteiger charge is 2.23. The minimum atomic E-state index is -1.02. The van der Waals surface area contributed by atoms with Gasteiger partial charge in [-0.05, 0) is 40.7 Å². The van der Waals surface area contributed by atoms with Crippen molar-refractivity contribution in [1.29, 1.82) is 0 Å². The van der Waals surface area contributed by atoms with Crippen LogP contribution in [0, 0.1) is 0 Å². The molecule has 0 saturated heterocycles. The normalized spacial score (nSPS) is 11.8. The predicted octanol–water partition coefficient (Wildman–Crippen LogP) is 6.80. The molecule has 0 aliphatic heterocycles. The number of unbranched alkanes of at least 4 members (excludes halogenated alkanes) is 2. The molecule has 2 amide bonds. The third-order valence-electron chi connectivity index (χ3n) is 8.12. The molecular weight excluding hydrogens is 604 g/mol. The first-order valence-electron chi connectivity index (χ1n) is 16.4. The van der Waals surface area contributed by atoms with E-state index in [0.29, 0.717) is 23.4 Å².